The zero-order valence-electron chi connectivity index (χ0n) is 13.9. The fraction of sp³-hybridized carbons (Fsp3) is 0.235. The normalized spacial score (nSPS) is 11.8. The summed E-state index contributed by atoms with van der Waals surface area (Å²) in [6.45, 7) is 2.51. The Hall–Kier alpha value is -2.16. The summed E-state index contributed by atoms with van der Waals surface area (Å²) >= 11 is 1.03. The molecule has 0 spiro atoms. The van der Waals surface area contributed by atoms with E-state index in [0.29, 0.717) is 17.1 Å². The Bertz CT molecular complexity index is 1070. The molecule has 1 aromatic heterocycles. The summed E-state index contributed by atoms with van der Waals surface area (Å²) < 4.78 is 35.4. The van der Waals surface area contributed by atoms with Crippen molar-refractivity contribution in [2.45, 2.75) is 18.4 Å². The maximum atomic E-state index is 12.6. The number of hydrogen-bond acceptors (Lipinski definition) is 5. The average molecular weight is 378 g/mol. The van der Waals surface area contributed by atoms with E-state index in [2.05, 4.69) is 4.72 Å². The summed E-state index contributed by atoms with van der Waals surface area (Å²) in [5.74, 6) is 0.657. The Labute approximate surface area is 149 Å². The number of benzene rings is 2. The zero-order valence-corrected chi connectivity index (χ0v) is 15.5. The molecule has 0 radical (unpaired) electrons. The maximum Gasteiger partial charge on any atom is 0.307 e. The molecule has 0 aliphatic heterocycles. The standard InChI is InChI=1S/C17H18N2O4S2/c1-3-23-15-7-5-4-6-12(15)11-18-25(21,22)13-8-9-14-16(10-13)24-17(20)19(14)2/h4-10,18H,3,11H2,1-2H3. The van der Waals surface area contributed by atoms with Gasteiger partial charge in [0.15, 0.2) is 0 Å². The van der Waals surface area contributed by atoms with Gasteiger partial charge in [0.2, 0.25) is 10.0 Å². The highest BCUT2D eigenvalue weighted by Crippen LogP contribution is 2.22. The van der Waals surface area contributed by atoms with Crippen LogP contribution in [-0.2, 0) is 23.6 Å². The summed E-state index contributed by atoms with van der Waals surface area (Å²) in [4.78, 5) is 11.7. The van der Waals surface area contributed by atoms with Gasteiger partial charge in [0, 0.05) is 19.2 Å². The molecule has 0 saturated heterocycles. The number of hydrogen-bond donors (Lipinski definition) is 1. The number of rotatable bonds is 6. The number of ether oxygens (including phenoxy) is 1. The quantitative estimate of drug-likeness (QED) is 0.715. The predicted molar refractivity (Wildman–Crippen MR) is 98.7 cm³/mol. The minimum absolute atomic E-state index is 0.122. The van der Waals surface area contributed by atoms with Crippen LogP contribution in [0.3, 0.4) is 0 Å². The van der Waals surface area contributed by atoms with E-state index in [-0.39, 0.29) is 16.3 Å². The van der Waals surface area contributed by atoms with Crippen molar-refractivity contribution in [2.24, 2.45) is 7.05 Å². The van der Waals surface area contributed by atoms with E-state index < -0.39 is 10.0 Å². The van der Waals surface area contributed by atoms with Crippen LogP contribution in [0.1, 0.15) is 12.5 Å². The second-order valence-corrected chi connectivity index (χ2v) is 8.18. The predicted octanol–water partition coefficient (Wildman–Crippen LogP) is 2.48. The summed E-state index contributed by atoms with van der Waals surface area (Å²) in [5.41, 5.74) is 1.48. The lowest BCUT2D eigenvalue weighted by molar-refractivity contribution is 0.336. The number of aromatic nitrogens is 1. The Kier molecular flexibility index (Phi) is 4.94. The first-order valence-corrected chi connectivity index (χ1v) is 10.0. The largest absolute Gasteiger partial charge is 0.494 e. The molecule has 0 aliphatic rings. The van der Waals surface area contributed by atoms with Gasteiger partial charge in [-0.25, -0.2) is 13.1 Å². The van der Waals surface area contributed by atoms with Crippen LogP contribution in [0.4, 0.5) is 0 Å². The molecule has 25 heavy (non-hydrogen) atoms. The van der Waals surface area contributed by atoms with Gasteiger partial charge in [0.05, 0.1) is 21.7 Å². The molecule has 3 aromatic rings. The number of nitrogens with zero attached hydrogens (tertiary/aromatic N) is 1. The number of thiazole rings is 1. The molecule has 2 aromatic carbocycles. The molecule has 132 valence electrons. The maximum absolute atomic E-state index is 12.6. The molecule has 8 heteroatoms. The Morgan fingerprint density at radius 3 is 2.72 bits per heavy atom. The van der Waals surface area contributed by atoms with Crippen LogP contribution in [0.2, 0.25) is 0 Å². The Morgan fingerprint density at radius 1 is 1.20 bits per heavy atom. The minimum Gasteiger partial charge on any atom is -0.494 e. The van der Waals surface area contributed by atoms with Gasteiger partial charge in [0.1, 0.15) is 5.75 Å². The third-order valence-corrected chi connectivity index (χ3v) is 6.19. The van der Waals surface area contributed by atoms with E-state index in [9.17, 15) is 13.2 Å². The molecule has 0 unspecified atom stereocenters. The van der Waals surface area contributed by atoms with Gasteiger partial charge in [-0.2, -0.15) is 0 Å². The number of sulfonamides is 1. The van der Waals surface area contributed by atoms with E-state index in [0.717, 1.165) is 22.4 Å². The topological polar surface area (TPSA) is 77.4 Å². The monoisotopic (exact) mass is 378 g/mol. The highest BCUT2D eigenvalue weighted by molar-refractivity contribution is 7.89. The fourth-order valence-electron chi connectivity index (χ4n) is 2.48. The van der Waals surface area contributed by atoms with Crippen LogP contribution in [0.15, 0.2) is 52.2 Å². The second kappa shape index (κ2) is 6.99. The first-order valence-electron chi connectivity index (χ1n) is 7.72. The van der Waals surface area contributed by atoms with E-state index in [1.54, 1.807) is 19.2 Å². The van der Waals surface area contributed by atoms with Crippen LogP contribution < -0.4 is 14.3 Å². The molecule has 0 fully saturated rings. The van der Waals surface area contributed by atoms with Gasteiger partial charge < -0.3 is 9.30 Å². The highest BCUT2D eigenvalue weighted by Gasteiger charge is 2.17. The van der Waals surface area contributed by atoms with Gasteiger partial charge in [0.25, 0.3) is 0 Å². The van der Waals surface area contributed by atoms with Crippen molar-refractivity contribution >= 4 is 31.6 Å². The SMILES string of the molecule is CCOc1ccccc1CNS(=O)(=O)c1ccc2c(c1)sc(=O)n2C. The van der Waals surface area contributed by atoms with E-state index in [1.165, 1.54) is 16.7 Å². The highest BCUT2D eigenvalue weighted by atomic mass is 32.2. The van der Waals surface area contributed by atoms with E-state index >= 15 is 0 Å². The van der Waals surface area contributed by atoms with Crippen molar-refractivity contribution in [2.75, 3.05) is 6.61 Å². The molecule has 1 heterocycles. The summed E-state index contributed by atoms with van der Waals surface area (Å²) in [5, 5.41) is 0. The Balaban J connectivity index is 1.86. The molecule has 6 nitrogen and oxygen atoms in total. The fourth-order valence-corrected chi connectivity index (χ4v) is 4.51. The lowest BCUT2D eigenvalue weighted by atomic mass is 10.2. The molecule has 0 saturated carbocycles. The van der Waals surface area contributed by atoms with Crippen LogP contribution in [0.25, 0.3) is 10.2 Å². The zero-order chi connectivity index (χ0) is 18.0. The van der Waals surface area contributed by atoms with E-state index in [4.69, 9.17) is 4.74 Å². The average Bonchev–Trinajstić information content (AvgIpc) is 2.88. The van der Waals surface area contributed by atoms with Crippen LogP contribution in [0.5, 0.6) is 5.75 Å². The van der Waals surface area contributed by atoms with Gasteiger partial charge >= 0.3 is 4.87 Å². The Morgan fingerprint density at radius 2 is 1.96 bits per heavy atom. The number of nitrogens with one attached hydrogen (secondary N) is 1. The molecule has 3 rings (SSSR count). The van der Waals surface area contributed by atoms with Crippen LogP contribution >= 0.6 is 11.3 Å². The number of aryl methyl sites for hydroxylation is 1. The lowest BCUT2D eigenvalue weighted by Crippen LogP contribution is -2.23. The molecule has 0 amide bonds. The summed E-state index contributed by atoms with van der Waals surface area (Å²) in [6.07, 6.45) is 0. The van der Waals surface area contributed by atoms with E-state index in [1.807, 2.05) is 25.1 Å². The van der Waals surface area contributed by atoms with Crippen molar-refractivity contribution in [1.29, 1.82) is 0 Å². The van der Waals surface area contributed by atoms with Gasteiger partial charge in [-0.3, -0.25) is 4.79 Å². The molecular formula is C17H18N2O4S2. The van der Waals surface area contributed by atoms with Gasteiger partial charge in [-0.05, 0) is 31.2 Å². The molecule has 1 N–H and O–H groups in total. The van der Waals surface area contributed by atoms with Crippen LogP contribution in [0, 0.1) is 0 Å². The van der Waals surface area contributed by atoms with Crippen molar-refractivity contribution in [1.82, 2.24) is 9.29 Å². The van der Waals surface area contributed by atoms with Gasteiger partial charge in [-0.1, -0.05) is 29.5 Å². The molecule has 0 atom stereocenters. The van der Waals surface area contributed by atoms with Gasteiger partial charge in [-0.15, -0.1) is 0 Å². The second-order valence-electron chi connectivity index (χ2n) is 5.42. The smallest absolute Gasteiger partial charge is 0.307 e. The third-order valence-electron chi connectivity index (χ3n) is 3.80. The first kappa shape index (κ1) is 17.7. The lowest BCUT2D eigenvalue weighted by Gasteiger charge is -2.11. The minimum atomic E-state index is -3.70. The first-order chi connectivity index (χ1) is 11.9. The van der Waals surface area contributed by atoms with Crippen molar-refractivity contribution in [3.63, 3.8) is 0 Å². The number of para-hydroxylation sites is 1. The number of fused-ring (bicyclic) bond motifs is 1. The van der Waals surface area contributed by atoms with Crippen molar-refractivity contribution in [3.8, 4) is 5.75 Å². The summed E-state index contributed by atoms with van der Waals surface area (Å²) in [6, 6.07) is 12.0. The summed E-state index contributed by atoms with van der Waals surface area (Å²) in [7, 11) is -2.03. The third kappa shape index (κ3) is 3.60. The molecule has 0 bridgehead atoms. The van der Waals surface area contributed by atoms with Crippen molar-refractivity contribution < 1.29 is 13.2 Å². The molecular weight excluding hydrogens is 360 g/mol. The van der Waals surface area contributed by atoms with Crippen molar-refractivity contribution in [3.05, 3.63) is 57.7 Å². The van der Waals surface area contributed by atoms with Crippen LogP contribution in [-0.4, -0.2) is 19.6 Å². The molecule has 0 aliphatic carbocycles.